The van der Waals surface area contributed by atoms with Crippen LogP contribution in [0.5, 0.6) is 5.75 Å². The number of aromatic hydroxyl groups is 1. The molecule has 0 unspecified atom stereocenters. The minimum absolute atomic E-state index is 0.155. The molecular formula is C16H10N2O3. The van der Waals surface area contributed by atoms with Crippen LogP contribution >= 0.6 is 0 Å². The zero-order valence-corrected chi connectivity index (χ0v) is 10.8. The van der Waals surface area contributed by atoms with Crippen LogP contribution in [-0.2, 0) is 0 Å². The SMILES string of the molecule is N#Cc1cc(-c2ccc(C(=O)O)c(O)c2)c2[nH]ccc2c1. The van der Waals surface area contributed by atoms with Gasteiger partial charge in [0.25, 0.3) is 0 Å². The van der Waals surface area contributed by atoms with E-state index in [2.05, 4.69) is 11.1 Å². The lowest BCUT2D eigenvalue weighted by atomic mass is 9.99. The maximum atomic E-state index is 10.9. The summed E-state index contributed by atoms with van der Waals surface area (Å²) in [5.41, 5.74) is 2.55. The van der Waals surface area contributed by atoms with Gasteiger partial charge in [0.2, 0.25) is 0 Å². The van der Waals surface area contributed by atoms with Gasteiger partial charge in [0.1, 0.15) is 11.3 Å². The molecule has 0 aliphatic carbocycles. The van der Waals surface area contributed by atoms with Gasteiger partial charge >= 0.3 is 5.97 Å². The summed E-state index contributed by atoms with van der Waals surface area (Å²) in [7, 11) is 0. The normalized spacial score (nSPS) is 10.4. The minimum atomic E-state index is -1.19. The van der Waals surface area contributed by atoms with Gasteiger partial charge in [-0.25, -0.2) is 4.79 Å². The van der Waals surface area contributed by atoms with Crippen molar-refractivity contribution in [1.82, 2.24) is 4.98 Å². The predicted octanol–water partition coefficient (Wildman–Crippen LogP) is 3.11. The van der Waals surface area contributed by atoms with E-state index in [0.29, 0.717) is 11.1 Å². The Morgan fingerprint density at radius 3 is 2.67 bits per heavy atom. The largest absolute Gasteiger partial charge is 0.507 e. The number of H-pyrrole nitrogens is 1. The van der Waals surface area contributed by atoms with Crippen LogP contribution in [0.15, 0.2) is 42.6 Å². The molecule has 5 nitrogen and oxygen atoms in total. The van der Waals surface area contributed by atoms with Gasteiger partial charge in [0.05, 0.1) is 17.1 Å². The van der Waals surface area contributed by atoms with Crippen molar-refractivity contribution in [3.8, 4) is 22.9 Å². The Balaban J connectivity index is 2.25. The number of benzene rings is 2. The molecule has 0 saturated heterocycles. The number of hydrogen-bond acceptors (Lipinski definition) is 3. The van der Waals surface area contributed by atoms with Gasteiger partial charge < -0.3 is 15.2 Å². The molecule has 0 aliphatic rings. The van der Waals surface area contributed by atoms with Crippen molar-refractivity contribution in [3.05, 3.63) is 53.7 Å². The molecule has 0 saturated carbocycles. The van der Waals surface area contributed by atoms with E-state index >= 15 is 0 Å². The summed E-state index contributed by atoms with van der Waals surface area (Å²) in [6.45, 7) is 0. The highest BCUT2D eigenvalue weighted by atomic mass is 16.4. The van der Waals surface area contributed by atoms with Crippen molar-refractivity contribution in [1.29, 1.82) is 5.26 Å². The molecule has 21 heavy (non-hydrogen) atoms. The van der Waals surface area contributed by atoms with Crippen LogP contribution in [0.1, 0.15) is 15.9 Å². The highest BCUT2D eigenvalue weighted by Crippen LogP contribution is 2.32. The number of aromatic amines is 1. The number of aromatic carboxylic acids is 1. The number of nitrogens with one attached hydrogen (secondary N) is 1. The van der Waals surface area contributed by atoms with E-state index in [1.165, 1.54) is 12.1 Å². The number of nitriles is 1. The lowest BCUT2D eigenvalue weighted by Gasteiger charge is -2.07. The summed E-state index contributed by atoms with van der Waals surface area (Å²) < 4.78 is 0. The van der Waals surface area contributed by atoms with Crippen molar-refractivity contribution in [2.24, 2.45) is 0 Å². The molecule has 0 bridgehead atoms. The highest BCUT2D eigenvalue weighted by molar-refractivity contribution is 5.97. The van der Waals surface area contributed by atoms with E-state index in [4.69, 9.17) is 10.4 Å². The maximum Gasteiger partial charge on any atom is 0.339 e. The van der Waals surface area contributed by atoms with Crippen molar-refractivity contribution in [3.63, 3.8) is 0 Å². The highest BCUT2D eigenvalue weighted by Gasteiger charge is 2.13. The Morgan fingerprint density at radius 2 is 2.00 bits per heavy atom. The lowest BCUT2D eigenvalue weighted by Crippen LogP contribution is -1.96. The van der Waals surface area contributed by atoms with E-state index in [1.54, 1.807) is 24.4 Å². The number of aromatic nitrogens is 1. The fourth-order valence-corrected chi connectivity index (χ4v) is 2.34. The molecule has 0 amide bonds. The first-order valence-electron chi connectivity index (χ1n) is 6.18. The van der Waals surface area contributed by atoms with Crippen molar-refractivity contribution >= 4 is 16.9 Å². The summed E-state index contributed by atoms with van der Waals surface area (Å²) >= 11 is 0. The summed E-state index contributed by atoms with van der Waals surface area (Å²) in [5, 5.41) is 28.7. The second-order valence-electron chi connectivity index (χ2n) is 4.61. The Hall–Kier alpha value is -3.26. The fraction of sp³-hybridized carbons (Fsp3) is 0. The Kier molecular flexibility index (Phi) is 2.85. The molecule has 2 aromatic carbocycles. The number of carboxylic acids is 1. The number of fused-ring (bicyclic) bond motifs is 1. The zero-order chi connectivity index (χ0) is 15.0. The van der Waals surface area contributed by atoms with Gasteiger partial charge in [-0.05, 0) is 35.9 Å². The fourth-order valence-electron chi connectivity index (χ4n) is 2.34. The molecule has 3 rings (SSSR count). The van der Waals surface area contributed by atoms with Crippen LogP contribution in [0.3, 0.4) is 0 Å². The maximum absolute atomic E-state index is 10.9. The monoisotopic (exact) mass is 278 g/mol. The number of phenols is 1. The topological polar surface area (TPSA) is 97.1 Å². The summed E-state index contributed by atoms with van der Waals surface area (Å²) in [6, 6.07) is 11.8. The molecule has 0 fully saturated rings. The first-order chi connectivity index (χ1) is 10.1. The molecule has 3 aromatic rings. The molecule has 0 radical (unpaired) electrons. The van der Waals surface area contributed by atoms with E-state index in [0.717, 1.165) is 16.5 Å². The van der Waals surface area contributed by atoms with Crippen LogP contribution < -0.4 is 0 Å². The first kappa shape index (κ1) is 12.8. The Labute approximate surface area is 119 Å². The summed E-state index contributed by atoms with van der Waals surface area (Å²) in [6.07, 6.45) is 1.76. The molecule has 1 aromatic heterocycles. The lowest BCUT2D eigenvalue weighted by molar-refractivity contribution is 0.0694. The van der Waals surface area contributed by atoms with Gasteiger partial charge in [0.15, 0.2) is 0 Å². The third kappa shape index (κ3) is 2.09. The predicted molar refractivity (Wildman–Crippen MR) is 77.1 cm³/mol. The number of nitrogens with zero attached hydrogens (tertiary/aromatic N) is 1. The Morgan fingerprint density at radius 1 is 1.19 bits per heavy atom. The van der Waals surface area contributed by atoms with Gasteiger partial charge in [-0.2, -0.15) is 5.26 Å². The van der Waals surface area contributed by atoms with Crippen LogP contribution in [0.25, 0.3) is 22.0 Å². The van der Waals surface area contributed by atoms with Crippen molar-refractivity contribution < 1.29 is 15.0 Å². The molecule has 0 atom stereocenters. The van der Waals surface area contributed by atoms with Crippen molar-refractivity contribution in [2.75, 3.05) is 0 Å². The van der Waals surface area contributed by atoms with Crippen LogP contribution in [0, 0.1) is 11.3 Å². The molecule has 3 N–H and O–H groups in total. The van der Waals surface area contributed by atoms with E-state index in [9.17, 15) is 9.90 Å². The minimum Gasteiger partial charge on any atom is -0.507 e. The van der Waals surface area contributed by atoms with Gasteiger partial charge in [-0.15, -0.1) is 0 Å². The average Bonchev–Trinajstić information content (AvgIpc) is 2.93. The van der Waals surface area contributed by atoms with Gasteiger partial charge in [0, 0.05) is 17.1 Å². The average molecular weight is 278 g/mol. The molecule has 5 heteroatoms. The molecule has 0 aliphatic heterocycles. The third-order valence-corrected chi connectivity index (χ3v) is 3.33. The zero-order valence-electron chi connectivity index (χ0n) is 10.8. The standard InChI is InChI=1S/C16H10N2O3/c17-8-9-5-11-3-4-18-15(11)13(6-9)10-1-2-12(16(20)21)14(19)7-10/h1-7,18-19H,(H,20,21). The smallest absolute Gasteiger partial charge is 0.339 e. The van der Waals surface area contributed by atoms with Crippen molar-refractivity contribution in [2.45, 2.75) is 0 Å². The third-order valence-electron chi connectivity index (χ3n) is 3.33. The second kappa shape index (κ2) is 4.69. The molecule has 102 valence electrons. The number of rotatable bonds is 2. The quantitative estimate of drug-likeness (QED) is 0.670. The Bertz CT molecular complexity index is 904. The van der Waals surface area contributed by atoms with Gasteiger partial charge in [-0.1, -0.05) is 6.07 Å². The van der Waals surface area contributed by atoms with Crippen LogP contribution in [-0.4, -0.2) is 21.2 Å². The summed E-state index contributed by atoms with van der Waals surface area (Å²) in [4.78, 5) is 14.0. The van der Waals surface area contributed by atoms with Crippen LogP contribution in [0.4, 0.5) is 0 Å². The van der Waals surface area contributed by atoms with E-state index in [1.807, 2.05) is 6.07 Å². The van der Waals surface area contributed by atoms with E-state index in [-0.39, 0.29) is 11.3 Å². The van der Waals surface area contributed by atoms with Gasteiger partial charge in [-0.3, -0.25) is 0 Å². The molecule has 0 spiro atoms. The second-order valence-corrected chi connectivity index (χ2v) is 4.61. The van der Waals surface area contributed by atoms with E-state index < -0.39 is 5.97 Å². The van der Waals surface area contributed by atoms with Crippen LogP contribution in [0.2, 0.25) is 0 Å². The first-order valence-corrected chi connectivity index (χ1v) is 6.18. The molecule has 1 heterocycles. The number of carboxylic acid groups (broad SMARTS) is 1. The number of carbonyl (C=O) groups is 1. The number of hydrogen-bond donors (Lipinski definition) is 3. The molecular weight excluding hydrogens is 268 g/mol. The summed E-state index contributed by atoms with van der Waals surface area (Å²) in [5.74, 6) is -1.49.